The minimum absolute atomic E-state index is 0.314. The molecular weight excluding hydrogens is 519 g/mol. The summed E-state index contributed by atoms with van der Waals surface area (Å²) < 4.78 is 2.27. The molecule has 2 aliphatic carbocycles. The minimum Gasteiger partial charge on any atom is -0.351 e. The second kappa shape index (κ2) is 11.5. The van der Waals surface area contributed by atoms with E-state index in [9.17, 15) is 0 Å². The molecule has 0 spiro atoms. The Bertz CT molecular complexity index is 1220. The molecule has 0 radical (unpaired) electrons. The van der Waals surface area contributed by atoms with Gasteiger partial charge in [0.15, 0.2) is 17.0 Å². The summed E-state index contributed by atoms with van der Waals surface area (Å²) in [6, 6.07) is 6.90. The maximum absolute atomic E-state index is 6.44. The van der Waals surface area contributed by atoms with Gasteiger partial charge in [-0.1, -0.05) is 42.1 Å². The Morgan fingerprint density at radius 1 is 0.921 bits per heavy atom. The number of fused-ring (bicyclic) bond motifs is 1. The van der Waals surface area contributed by atoms with Crippen molar-refractivity contribution < 1.29 is 0 Å². The first-order valence-corrected chi connectivity index (χ1v) is 15.0. The van der Waals surface area contributed by atoms with E-state index in [2.05, 4.69) is 20.3 Å². The number of anilines is 2. The van der Waals surface area contributed by atoms with Gasteiger partial charge in [-0.25, -0.2) is 9.99 Å². The lowest BCUT2D eigenvalue weighted by atomic mass is 9.90. The first-order chi connectivity index (χ1) is 18.5. The highest BCUT2D eigenvalue weighted by molar-refractivity contribution is 6.36. The monoisotopic (exact) mass is 556 g/mol. The van der Waals surface area contributed by atoms with Crippen molar-refractivity contribution in [2.75, 3.05) is 23.8 Å². The molecule has 8 nitrogen and oxygen atoms in total. The Morgan fingerprint density at radius 2 is 1.63 bits per heavy atom. The van der Waals surface area contributed by atoms with Crippen LogP contribution in [0.3, 0.4) is 0 Å². The first kappa shape index (κ1) is 26.1. The standard InChI is InChI=1S/C28H38Cl2N8/c29-23-6-3-7-24(30)22(23)16-18-12-14-37(15-13-18)36-26-25-27(38(17-32-25)21-4-1-2-5-21)35-28(34-26)33-20-10-8-19(31)9-11-20/h3,6-7,17-21H,1-2,4-5,8-16,31H2,(H2,33,34,35,36)/t19-,20-. The number of benzene rings is 1. The molecule has 3 aliphatic rings. The molecule has 2 saturated carbocycles. The lowest BCUT2D eigenvalue weighted by molar-refractivity contribution is 0.216. The third-order valence-corrected chi connectivity index (χ3v) is 9.39. The molecular formula is C28H38Cl2N8. The second-order valence-corrected chi connectivity index (χ2v) is 12.2. The topological polar surface area (TPSA) is 96.9 Å². The number of nitrogens with one attached hydrogen (secondary N) is 2. The van der Waals surface area contributed by atoms with E-state index in [1.807, 2.05) is 24.5 Å². The molecule has 38 heavy (non-hydrogen) atoms. The number of nitrogens with two attached hydrogens (primary N) is 1. The van der Waals surface area contributed by atoms with Gasteiger partial charge in [-0.3, -0.25) is 0 Å². The van der Waals surface area contributed by atoms with Gasteiger partial charge in [-0.15, -0.1) is 0 Å². The Labute approximate surface area is 234 Å². The Balaban J connectivity index is 1.18. The molecule has 0 atom stereocenters. The van der Waals surface area contributed by atoms with Gasteiger partial charge in [0.05, 0.1) is 6.33 Å². The van der Waals surface area contributed by atoms with E-state index in [1.165, 1.54) is 25.7 Å². The van der Waals surface area contributed by atoms with Crippen LogP contribution in [0.4, 0.5) is 11.8 Å². The average molecular weight is 558 g/mol. The van der Waals surface area contributed by atoms with Crippen molar-refractivity contribution in [3.05, 3.63) is 40.1 Å². The zero-order valence-corrected chi connectivity index (χ0v) is 23.4. The third kappa shape index (κ3) is 5.74. The fraction of sp³-hybridized carbons (Fsp3) is 0.607. The van der Waals surface area contributed by atoms with Crippen LogP contribution in [0.25, 0.3) is 11.2 Å². The number of hydrazine groups is 1. The minimum atomic E-state index is 0.314. The van der Waals surface area contributed by atoms with Gasteiger partial charge in [0.25, 0.3) is 0 Å². The highest BCUT2D eigenvalue weighted by Crippen LogP contribution is 2.34. The molecule has 1 aromatic carbocycles. The number of halogens is 2. The number of piperidine rings is 1. The van der Waals surface area contributed by atoms with Crippen molar-refractivity contribution in [2.45, 2.75) is 88.8 Å². The summed E-state index contributed by atoms with van der Waals surface area (Å²) >= 11 is 12.9. The Hall–Kier alpha value is -2.13. The van der Waals surface area contributed by atoms with Crippen LogP contribution in [0, 0.1) is 5.92 Å². The van der Waals surface area contributed by atoms with Gasteiger partial charge < -0.3 is 21.0 Å². The molecule has 10 heteroatoms. The van der Waals surface area contributed by atoms with Crippen molar-refractivity contribution in [3.63, 3.8) is 0 Å². The van der Waals surface area contributed by atoms with Crippen molar-refractivity contribution in [1.29, 1.82) is 0 Å². The molecule has 3 heterocycles. The summed E-state index contributed by atoms with van der Waals surface area (Å²) in [4.78, 5) is 14.7. The second-order valence-electron chi connectivity index (χ2n) is 11.4. The van der Waals surface area contributed by atoms with Crippen molar-refractivity contribution in [2.24, 2.45) is 11.7 Å². The summed E-state index contributed by atoms with van der Waals surface area (Å²) in [5.74, 6) is 2.02. The molecule has 1 aliphatic heterocycles. The van der Waals surface area contributed by atoms with E-state index in [4.69, 9.17) is 43.9 Å². The highest BCUT2D eigenvalue weighted by Gasteiger charge is 2.26. The van der Waals surface area contributed by atoms with Gasteiger partial charge in [-0.2, -0.15) is 9.97 Å². The summed E-state index contributed by atoms with van der Waals surface area (Å²) in [7, 11) is 0. The average Bonchev–Trinajstić information content (AvgIpc) is 3.59. The first-order valence-electron chi connectivity index (χ1n) is 14.2. The van der Waals surface area contributed by atoms with Crippen LogP contribution in [0.2, 0.25) is 10.0 Å². The zero-order valence-electron chi connectivity index (χ0n) is 21.9. The quantitative estimate of drug-likeness (QED) is 0.318. The SMILES string of the molecule is N[C@H]1CC[C@H](Nc2nc(NN3CCC(Cc4c(Cl)cccc4Cl)CC3)c3ncn(C4CCCC4)c3n2)CC1. The predicted octanol–water partition coefficient (Wildman–Crippen LogP) is 6.21. The zero-order chi connectivity index (χ0) is 26.1. The summed E-state index contributed by atoms with van der Waals surface area (Å²) in [5, 5.41) is 7.42. The number of nitrogens with zero attached hydrogens (tertiary/aromatic N) is 5. The van der Waals surface area contributed by atoms with Gasteiger partial charge in [0, 0.05) is 41.3 Å². The maximum Gasteiger partial charge on any atom is 0.227 e. The highest BCUT2D eigenvalue weighted by atomic mass is 35.5. The van der Waals surface area contributed by atoms with E-state index < -0.39 is 0 Å². The Morgan fingerprint density at radius 3 is 2.34 bits per heavy atom. The summed E-state index contributed by atoms with van der Waals surface area (Å²) in [6.07, 6.45) is 14.1. The largest absolute Gasteiger partial charge is 0.351 e. The number of rotatable bonds is 7. The molecule has 0 bridgehead atoms. The van der Waals surface area contributed by atoms with Crippen molar-refractivity contribution in [1.82, 2.24) is 24.5 Å². The maximum atomic E-state index is 6.44. The number of hydrogen-bond donors (Lipinski definition) is 3. The van der Waals surface area contributed by atoms with Crippen LogP contribution in [-0.2, 0) is 6.42 Å². The predicted molar refractivity (Wildman–Crippen MR) is 155 cm³/mol. The van der Waals surface area contributed by atoms with Crippen molar-refractivity contribution >= 4 is 46.1 Å². The van der Waals surface area contributed by atoms with Crippen LogP contribution < -0.4 is 16.5 Å². The lowest BCUT2D eigenvalue weighted by Gasteiger charge is -2.33. The molecule has 3 aromatic rings. The van der Waals surface area contributed by atoms with Crippen LogP contribution in [0.1, 0.15) is 75.8 Å². The fourth-order valence-electron chi connectivity index (χ4n) is 6.37. The molecule has 1 saturated heterocycles. The van der Waals surface area contributed by atoms with Crippen LogP contribution in [-0.4, -0.2) is 49.7 Å². The van der Waals surface area contributed by atoms with Crippen molar-refractivity contribution in [3.8, 4) is 0 Å². The molecule has 204 valence electrons. The number of hydrogen-bond acceptors (Lipinski definition) is 7. The molecule has 2 aromatic heterocycles. The molecule has 0 unspecified atom stereocenters. The molecule has 6 rings (SSSR count). The molecule has 4 N–H and O–H groups in total. The van der Waals surface area contributed by atoms with E-state index in [0.29, 0.717) is 30.0 Å². The van der Waals surface area contributed by atoms with E-state index in [-0.39, 0.29) is 0 Å². The van der Waals surface area contributed by atoms with Crippen LogP contribution in [0.5, 0.6) is 0 Å². The van der Waals surface area contributed by atoms with Gasteiger partial charge in [0.1, 0.15) is 0 Å². The smallest absolute Gasteiger partial charge is 0.227 e. The molecule has 0 amide bonds. The summed E-state index contributed by atoms with van der Waals surface area (Å²) in [5.41, 5.74) is 12.6. The number of aromatic nitrogens is 4. The summed E-state index contributed by atoms with van der Waals surface area (Å²) in [6.45, 7) is 1.84. The third-order valence-electron chi connectivity index (χ3n) is 8.68. The van der Waals surface area contributed by atoms with Crippen LogP contribution in [0.15, 0.2) is 24.5 Å². The van der Waals surface area contributed by atoms with Crippen LogP contribution >= 0.6 is 23.2 Å². The van der Waals surface area contributed by atoms with E-state index in [0.717, 1.165) is 90.6 Å². The fourth-order valence-corrected chi connectivity index (χ4v) is 6.92. The van der Waals surface area contributed by atoms with E-state index in [1.54, 1.807) is 0 Å². The van der Waals surface area contributed by atoms with Gasteiger partial charge in [-0.05, 0) is 81.4 Å². The number of imidazole rings is 1. The Kier molecular flexibility index (Phi) is 7.93. The van der Waals surface area contributed by atoms with Gasteiger partial charge in [0.2, 0.25) is 5.95 Å². The normalized spacial score (nSPS) is 23.8. The lowest BCUT2D eigenvalue weighted by Crippen LogP contribution is -2.39. The van der Waals surface area contributed by atoms with E-state index >= 15 is 0 Å². The molecule has 3 fully saturated rings. The van der Waals surface area contributed by atoms with Gasteiger partial charge >= 0.3 is 0 Å².